The molecule has 0 bridgehead atoms. The maximum atomic E-state index is 12.1. The molecule has 1 rings (SSSR count). The molecule has 0 heterocycles. The van der Waals surface area contributed by atoms with Gasteiger partial charge in [-0.15, -0.1) is 0 Å². The summed E-state index contributed by atoms with van der Waals surface area (Å²) < 4.78 is 24.2. The van der Waals surface area contributed by atoms with Crippen LogP contribution in [0, 0.1) is 0 Å². The van der Waals surface area contributed by atoms with Gasteiger partial charge >= 0.3 is 0 Å². The monoisotopic (exact) mass is 188 g/mol. The smallest absolute Gasteiger partial charge is 0.205 e. The third-order valence-corrected chi connectivity index (χ3v) is 1.73. The second-order valence-electron chi connectivity index (χ2n) is 2.33. The summed E-state index contributed by atoms with van der Waals surface area (Å²) in [6.45, 7) is 3.26. The Morgan fingerprint density at radius 3 is 2.17 bits per heavy atom. The lowest BCUT2D eigenvalue weighted by molar-refractivity contribution is 0.215. The van der Waals surface area contributed by atoms with Gasteiger partial charge in [-0.25, -0.2) is 8.78 Å². The van der Waals surface area contributed by atoms with Gasteiger partial charge in [0.15, 0.2) is 0 Å². The van der Waals surface area contributed by atoms with Crippen LogP contribution in [0.1, 0.15) is 5.56 Å². The summed E-state index contributed by atoms with van der Waals surface area (Å²) in [6, 6.07) is 6.17. The van der Waals surface area contributed by atoms with Crippen molar-refractivity contribution in [3.63, 3.8) is 0 Å². The van der Waals surface area contributed by atoms with Crippen LogP contribution in [0.5, 0.6) is 0 Å². The average molecular weight is 189 g/mol. The van der Waals surface area contributed by atoms with E-state index in [-0.39, 0.29) is 5.57 Å². The molecule has 0 aliphatic rings. The van der Waals surface area contributed by atoms with E-state index in [1.54, 1.807) is 12.1 Å². The van der Waals surface area contributed by atoms with Gasteiger partial charge in [-0.1, -0.05) is 30.3 Å². The predicted octanol–water partition coefficient (Wildman–Crippen LogP) is 3.62. The summed E-state index contributed by atoms with van der Waals surface area (Å²) in [7, 11) is 0. The van der Waals surface area contributed by atoms with Crippen molar-refractivity contribution in [2.75, 3.05) is 0 Å². The van der Waals surface area contributed by atoms with Gasteiger partial charge in [0.1, 0.15) is 0 Å². The molecule has 1 aromatic carbocycles. The highest BCUT2D eigenvalue weighted by Crippen LogP contribution is 2.21. The highest BCUT2D eigenvalue weighted by molar-refractivity contribution is 6.30. The number of allylic oxidation sites excluding steroid dienone is 1. The minimum absolute atomic E-state index is 0.174. The Bertz CT molecular complexity index is 277. The molecule has 0 nitrogen and oxygen atoms in total. The fraction of sp³-hybridized carbons (Fsp3) is 0.111. The lowest BCUT2D eigenvalue weighted by Gasteiger charge is -2.03. The van der Waals surface area contributed by atoms with Crippen LogP contribution in [0.3, 0.4) is 0 Å². The van der Waals surface area contributed by atoms with E-state index in [2.05, 4.69) is 6.58 Å². The van der Waals surface area contributed by atoms with Crippen LogP contribution in [-0.2, 0) is 0 Å². The van der Waals surface area contributed by atoms with Gasteiger partial charge in [-0.05, 0) is 17.7 Å². The van der Waals surface area contributed by atoms with Crippen LogP contribution >= 0.6 is 11.6 Å². The first-order valence-corrected chi connectivity index (χ1v) is 3.72. The molecule has 1 aromatic rings. The van der Waals surface area contributed by atoms with Crippen molar-refractivity contribution in [1.82, 2.24) is 0 Å². The fourth-order valence-electron chi connectivity index (χ4n) is 0.790. The van der Waals surface area contributed by atoms with Crippen LogP contribution in [-0.4, -0.2) is 6.43 Å². The minimum Gasteiger partial charge on any atom is -0.205 e. The maximum Gasteiger partial charge on any atom is 0.263 e. The Hall–Kier alpha value is -0.890. The van der Waals surface area contributed by atoms with Crippen molar-refractivity contribution < 1.29 is 8.78 Å². The van der Waals surface area contributed by atoms with Gasteiger partial charge < -0.3 is 0 Å². The van der Waals surface area contributed by atoms with Gasteiger partial charge in [0, 0.05) is 10.6 Å². The molecular weight excluding hydrogens is 182 g/mol. The van der Waals surface area contributed by atoms with E-state index < -0.39 is 6.43 Å². The molecule has 0 fully saturated rings. The third-order valence-electron chi connectivity index (χ3n) is 1.48. The summed E-state index contributed by atoms with van der Waals surface area (Å²) in [5.74, 6) is 0. The molecule has 12 heavy (non-hydrogen) atoms. The van der Waals surface area contributed by atoms with E-state index >= 15 is 0 Å². The molecule has 0 aromatic heterocycles. The summed E-state index contributed by atoms with van der Waals surface area (Å²) in [6.07, 6.45) is -2.51. The number of halogens is 3. The Morgan fingerprint density at radius 2 is 1.75 bits per heavy atom. The molecule has 0 spiro atoms. The van der Waals surface area contributed by atoms with Crippen molar-refractivity contribution in [1.29, 1.82) is 0 Å². The number of hydrogen-bond donors (Lipinski definition) is 0. The zero-order valence-corrected chi connectivity index (χ0v) is 6.98. The minimum atomic E-state index is -2.51. The first kappa shape index (κ1) is 9.20. The Kier molecular flexibility index (Phi) is 2.82. The van der Waals surface area contributed by atoms with Crippen LogP contribution in [0.25, 0.3) is 5.57 Å². The van der Waals surface area contributed by atoms with Crippen LogP contribution in [0.2, 0.25) is 5.02 Å². The summed E-state index contributed by atoms with van der Waals surface area (Å²) in [5.41, 5.74) is 0.251. The van der Waals surface area contributed by atoms with E-state index in [0.717, 1.165) is 0 Å². The molecule has 0 aliphatic carbocycles. The molecule has 0 unspecified atom stereocenters. The highest BCUT2D eigenvalue weighted by Gasteiger charge is 2.09. The van der Waals surface area contributed by atoms with Gasteiger partial charge in [0.25, 0.3) is 6.43 Å². The number of hydrogen-bond acceptors (Lipinski definition) is 0. The second-order valence-corrected chi connectivity index (χ2v) is 2.77. The quantitative estimate of drug-likeness (QED) is 0.665. The molecular formula is C9H7ClF2. The number of rotatable bonds is 2. The molecule has 0 saturated heterocycles. The third kappa shape index (κ3) is 2.05. The summed E-state index contributed by atoms with van der Waals surface area (Å²) in [5, 5.41) is 0.529. The number of alkyl halides is 2. The SMILES string of the molecule is C=C(c1ccc(Cl)cc1)C(F)F. The average Bonchev–Trinajstić information content (AvgIpc) is 2.04. The first-order valence-electron chi connectivity index (χ1n) is 3.34. The molecule has 64 valence electrons. The Labute approximate surface area is 74.5 Å². The zero-order chi connectivity index (χ0) is 9.14. The normalized spacial score (nSPS) is 10.3. The molecule has 0 radical (unpaired) electrons. The topological polar surface area (TPSA) is 0 Å². The van der Waals surface area contributed by atoms with Crippen molar-refractivity contribution in [2.45, 2.75) is 6.43 Å². The van der Waals surface area contributed by atoms with Crippen molar-refractivity contribution in [2.24, 2.45) is 0 Å². The molecule has 3 heteroatoms. The first-order chi connectivity index (χ1) is 5.61. The van der Waals surface area contributed by atoms with Gasteiger partial charge in [-0.2, -0.15) is 0 Å². The lowest BCUT2D eigenvalue weighted by atomic mass is 10.1. The number of benzene rings is 1. The molecule has 0 aliphatic heterocycles. The molecule has 0 saturated carbocycles. The van der Waals surface area contributed by atoms with E-state index in [4.69, 9.17) is 11.6 Å². The second kappa shape index (κ2) is 3.68. The standard InChI is InChI=1S/C9H7ClF2/c1-6(9(11)12)7-2-4-8(10)5-3-7/h2-5,9H,1H2. The van der Waals surface area contributed by atoms with Crippen molar-refractivity contribution in [3.05, 3.63) is 41.4 Å². The van der Waals surface area contributed by atoms with E-state index in [0.29, 0.717) is 10.6 Å². The van der Waals surface area contributed by atoms with E-state index in [1.807, 2.05) is 0 Å². The van der Waals surface area contributed by atoms with E-state index in [1.165, 1.54) is 12.1 Å². The molecule has 0 amide bonds. The summed E-state index contributed by atoms with van der Waals surface area (Å²) in [4.78, 5) is 0. The Balaban J connectivity index is 2.90. The van der Waals surface area contributed by atoms with Gasteiger partial charge in [0.05, 0.1) is 0 Å². The van der Waals surface area contributed by atoms with Crippen molar-refractivity contribution >= 4 is 17.2 Å². The van der Waals surface area contributed by atoms with E-state index in [9.17, 15) is 8.78 Å². The highest BCUT2D eigenvalue weighted by atomic mass is 35.5. The molecule has 0 atom stereocenters. The molecule has 0 N–H and O–H groups in total. The van der Waals surface area contributed by atoms with Crippen LogP contribution in [0.15, 0.2) is 30.8 Å². The summed E-state index contributed by atoms with van der Waals surface area (Å²) >= 11 is 5.58. The van der Waals surface area contributed by atoms with Crippen LogP contribution in [0.4, 0.5) is 8.78 Å². The van der Waals surface area contributed by atoms with Crippen molar-refractivity contribution in [3.8, 4) is 0 Å². The zero-order valence-electron chi connectivity index (χ0n) is 6.23. The van der Waals surface area contributed by atoms with Gasteiger partial charge in [-0.3, -0.25) is 0 Å². The predicted molar refractivity (Wildman–Crippen MR) is 46.5 cm³/mol. The lowest BCUT2D eigenvalue weighted by Crippen LogP contribution is -1.93. The Morgan fingerprint density at radius 1 is 1.25 bits per heavy atom. The maximum absolute atomic E-state index is 12.1. The van der Waals surface area contributed by atoms with Gasteiger partial charge in [0.2, 0.25) is 0 Å². The van der Waals surface area contributed by atoms with Crippen LogP contribution < -0.4 is 0 Å². The largest absolute Gasteiger partial charge is 0.263 e. The fourth-order valence-corrected chi connectivity index (χ4v) is 0.916.